The van der Waals surface area contributed by atoms with Crippen LogP contribution in [0, 0.1) is 5.92 Å². The Morgan fingerprint density at radius 3 is 2.43 bits per heavy atom. The first-order valence-electron chi connectivity index (χ1n) is 11.3. The van der Waals surface area contributed by atoms with E-state index in [-0.39, 0.29) is 12.1 Å². The number of hydrogen-bond donors (Lipinski definition) is 0. The molecule has 0 spiro atoms. The smallest absolute Gasteiger partial charge is 0.362 e. The first kappa shape index (κ1) is 21.1. The highest BCUT2D eigenvalue weighted by Crippen LogP contribution is 2.26. The molecule has 1 aliphatic carbocycles. The Balaban J connectivity index is 1.56. The number of hydrogen-bond acceptors (Lipinski definition) is 2. The molecule has 3 heteroatoms. The molecule has 0 aromatic heterocycles. The predicted molar refractivity (Wildman–Crippen MR) is 115 cm³/mol. The Morgan fingerprint density at radius 1 is 1.07 bits per heavy atom. The van der Waals surface area contributed by atoms with Crippen LogP contribution < -0.4 is 0 Å². The Hall–Kier alpha value is -1.61. The highest BCUT2D eigenvalue weighted by molar-refractivity contribution is 5.70. The summed E-state index contributed by atoms with van der Waals surface area (Å²) in [7, 11) is 0. The lowest BCUT2D eigenvalue weighted by atomic mass is 9.89. The minimum Gasteiger partial charge on any atom is -0.458 e. The topological polar surface area (TPSA) is 26.3 Å². The number of rotatable bonds is 7. The second-order valence-electron chi connectivity index (χ2n) is 9.27. The number of benzene rings is 1. The minimum absolute atomic E-state index is 0.0237. The van der Waals surface area contributed by atoms with Gasteiger partial charge in [0, 0.05) is 0 Å². The van der Waals surface area contributed by atoms with Gasteiger partial charge in [0.05, 0.1) is 19.6 Å². The van der Waals surface area contributed by atoms with Crippen molar-refractivity contribution in [2.24, 2.45) is 5.92 Å². The number of piperidine rings is 1. The van der Waals surface area contributed by atoms with E-state index < -0.39 is 0 Å². The van der Waals surface area contributed by atoms with Gasteiger partial charge in [-0.15, -0.1) is 0 Å². The molecule has 3 nitrogen and oxygen atoms in total. The number of quaternary nitrogens is 1. The maximum Gasteiger partial charge on any atom is 0.362 e. The van der Waals surface area contributed by atoms with E-state index in [9.17, 15) is 4.79 Å². The predicted octanol–water partition coefficient (Wildman–Crippen LogP) is 5.30. The summed E-state index contributed by atoms with van der Waals surface area (Å²) in [6.07, 6.45) is 11.7. The van der Waals surface area contributed by atoms with Gasteiger partial charge in [-0.05, 0) is 75.8 Å². The molecule has 154 valence electrons. The standard InChI is InChI=1S/C25H38NO2/c1-21-11-13-24(14-12-21)28-25(27)20-26(16-7-4-8-17-26)18-15-22(2)19-23-9-5-3-6-10-23/h3,5-6,9-10,15,21,24H,4,7-8,11-14,16-20H2,1-2H3/q+1/b22-15-. The largest absolute Gasteiger partial charge is 0.458 e. The third-order valence-electron chi connectivity index (χ3n) is 6.64. The normalized spacial score (nSPS) is 25.3. The summed E-state index contributed by atoms with van der Waals surface area (Å²) in [5.74, 6) is 0.809. The molecule has 0 unspecified atom stereocenters. The number of esters is 1. The van der Waals surface area contributed by atoms with Crippen molar-refractivity contribution < 1.29 is 14.0 Å². The van der Waals surface area contributed by atoms with Crippen molar-refractivity contribution >= 4 is 5.97 Å². The number of ether oxygens (including phenoxy) is 1. The zero-order valence-corrected chi connectivity index (χ0v) is 17.9. The summed E-state index contributed by atoms with van der Waals surface area (Å²) in [5, 5.41) is 0. The van der Waals surface area contributed by atoms with E-state index in [1.807, 2.05) is 0 Å². The van der Waals surface area contributed by atoms with E-state index in [0.717, 1.165) is 49.3 Å². The monoisotopic (exact) mass is 384 g/mol. The molecule has 0 N–H and O–H groups in total. The van der Waals surface area contributed by atoms with Gasteiger partial charge in [-0.3, -0.25) is 0 Å². The van der Waals surface area contributed by atoms with Crippen molar-refractivity contribution in [1.82, 2.24) is 0 Å². The van der Waals surface area contributed by atoms with Gasteiger partial charge in [-0.2, -0.15) is 0 Å². The van der Waals surface area contributed by atoms with Crippen LogP contribution in [0.4, 0.5) is 0 Å². The van der Waals surface area contributed by atoms with Crippen LogP contribution in [0.3, 0.4) is 0 Å². The molecule has 0 atom stereocenters. The maximum absolute atomic E-state index is 12.7. The molecule has 1 aromatic rings. The lowest BCUT2D eigenvalue weighted by Gasteiger charge is -2.40. The summed E-state index contributed by atoms with van der Waals surface area (Å²) in [6, 6.07) is 10.6. The second kappa shape index (κ2) is 10.2. The van der Waals surface area contributed by atoms with Crippen molar-refractivity contribution in [3.05, 3.63) is 47.5 Å². The lowest BCUT2D eigenvalue weighted by molar-refractivity contribution is -0.920. The fourth-order valence-electron chi connectivity index (χ4n) is 4.77. The molecule has 1 aliphatic heterocycles. The Labute approximate surface area is 171 Å². The Bertz CT molecular complexity index is 638. The molecule has 1 saturated carbocycles. The molecule has 0 amide bonds. The number of carbonyl (C=O) groups excluding carboxylic acids is 1. The summed E-state index contributed by atoms with van der Waals surface area (Å²) in [6.45, 7) is 8.22. The molecule has 0 radical (unpaired) electrons. The van der Waals surface area contributed by atoms with Gasteiger partial charge in [0.15, 0.2) is 6.54 Å². The number of carbonyl (C=O) groups is 1. The molecule has 1 aromatic carbocycles. The van der Waals surface area contributed by atoms with E-state index in [4.69, 9.17) is 4.74 Å². The number of nitrogens with zero attached hydrogens (tertiary/aromatic N) is 1. The maximum atomic E-state index is 12.7. The molecule has 28 heavy (non-hydrogen) atoms. The molecule has 3 rings (SSSR count). The summed E-state index contributed by atoms with van der Waals surface area (Å²) < 4.78 is 6.78. The van der Waals surface area contributed by atoms with Crippen LogP contribution in [-0.4, -0.2) is 42.7 Å². The Kier molecular flexibility index (Phi) is 7.73. The van der Waals surface area contributed by atoms with Crippen LogP contribution in [0.15, 0.2) is 42.0 Å². The zero-order chi connectivity index (χ0) is 19.8. The SMILES string of the molecule is C/C(=C/C[N+]1(CC(=O)OC2CCC(C)CC2)CCCCC1)Cc1ccccc1. The van der Waals surface area contributed by atoms with Crippen LogP contribution in [0.2, 0.25) is 0 Å². The van der Waals surface area contributed by atoms with Gasteiger partial charge in [0.1, 0.15) is 6.10 Å². The first-order chi connectivity index (χ1) is 13.5. The van der Waals surface area contributed by atoms with Crippen LogP contribution >= 0.6 is 0 Å². The van der Waals surface area contributed by atoms with Crippen molar-refractivity contribution in [2.45, 2.75) is 71.3 Å². The summed E-state index contributed by atoms with van der Waals surface area (Å²) in [5.41, 5.74) is 2.75. The van der Waals surface area contributed by atoms with E-state index in [2.05, 4.69) is 50.3 Å². The van der Waals surface area contributed by atoms with Gasteiger partial charge in [0.25, 0.3) is 0 Å². The average molecular weight is 385 g/mol. The lowest BCUT2D eigenvalue weighted by Crippen LogP contribution is -2.55. The van der Waals surface area contributed by atoms with Crippen LogP contribution in [0.25, 0.3) is 0 Å². The van der Waals surface area contributed by atoms with Crippen LogP contribution in [0.1, 0.15) is 64.4 Å². The quantitative estimate of drug-likeness (QED) is 0.362. The fourth-order valence-corrected chi connectivity index (χ4v) is 4.77. The van der Waals surface area contributed by atoms with Gasteiger partial charge in [-0.1, -0.05) is 42.8 Å². The zero-order valence-electron chi connectivity index (χ0n) is 17.9. The molecular formula is C25H38NO2+. The highest BCUT2D eigenvalue weighted by Gasteiger charge is 2.33. The third-order valence-corrected chi connectivity index (χ3v) is 6.64. The van der Waals surface area contributed by atoms with Gasteiger partial charge in [0.2, 0.25) is 0 Å². The first-order valence-corrected chi connectivity index (χ1v) is 11.3. The summed E-state index contributed by atoms with van der Waals surface area (Å²) in [4.78, 5) is 12.7. The van der Waals surface area contributed by atoms with Gasteiger partial charge in [-0.25, -0.2) is 4.79 Å². The molecule has 0 bridgehead atoms. The molecule has 1 heterocycles. The van der Waals surface area contributed by atoms with Crippen LogP contribution in [-0.2, 0) is 16.0 Å². The van der Waals surface area contributed by atoms with E-state index >= 15 is 0 Å². The highest BCUT2D eigenvalue weighted by atomic mass is 16.5. The average Bonchev–Trinajstić information content (AvgIpc) is 2.70. The molecular weight excluding hydrogens is 346 g/mol. The fraction of sp³-hybridized carbons (Fsp3) is 0.640. The number of allylic oxidation sites excluding steroid dienone is 1. The summed E-state index contributed by atoms with van der Waals surface area (Å²) >= 11 is 0. The van der Waals surface area contributed by atoms with Crippen molar-refractivity contribution in [3.8, 4) is 0 Å². The van der Waals surface area contributed by atoms with Gasteiger partial charge >= 0.3 is 5.97 Å². The Morgan fingerprint density at radius 2 is 1.75 bits per heavy atom. The molecule has 2 aliphatic rings. The van der Waals surface area contributed by atoms with Crippen LogP contribution in [0.5, 0.6) is 0 Å². The van der Waals surface area contributed by atoms with E-state index in [1.165, 1.54) is 43.2 Å². The second-order valence-corrected chi connectivity index (χ2v) is 9.27. The number of likely N-dealkylation sites (tertiary alicyclic amines) is 1. The van der Waals surface area contributed by atoms with Crippen molar-refractivity contribution in [3.63, 3.8) is 0 Å². The molecule has 1 saturated heterocycles. The molecule has 2 fully saturated rings. The van der Waals surface area contributed by atoms with Crippen molar-refractivity contribution in [1.29, 1.82) is 0 Å². The van der Waals surface area contributed by atoms with Gasteiger partial charge < -0.3 is 9.22 Å². The van der Waals surface area contributed by atoms with E-state index in [1.54, 1.807) is 0 Å². The van der Waals surface area contributed by atoms with E-state index in [0.29, 0.717) is 6.54 Å². The third kappa shape index (κ3) is 6.48. The minimum atomic E-state index is 0.0237. The van der Waals surface area contributed by atoms with Crippen molar-refractivity contribution in [2.75, 3.05) is 26.2 Å².